The molecule has 2 bridgehead atoms. The largest absolute Gasteiger partial charge is 0.433 e. The lowest BCUT2D eigenvalue weighted by Crippen LogP contribution is -2.52. The van der Waals surface area contributed by atoms with Crippen molar-refractivity contribution in [3.8, 4) is 0 Å². The van der Waals surface area contributed by atoms with Gasteiger partial charge in [0.1, 0.15) is 24.1 Å². The van der Waals surface area contributed by atoms with E-state index in [0.717, 1.165) is 25.0 Å². The molecule has 3 N–H and O–H groups in total. The van der Waals surface area contributed by atoms with E-state index in [2.05, 4.69) is 15.4 Å². The van der Waals surface area contributed by atoms with Crippen LogP contribution >= 0.6 is 0 Å². The highest BCUT2D eigenvalue weighted by Crippen LogP contribution is 2.43. The molecule has 12 heteroatoms. The first kappa shape index (κ1) is 22.8. The van der Waals surface area contributed by atoms with Gasteiger partial charge in [-0.15, -0.1) is 0 Å². The van der Waals surface area contributed by atoms with Gasteiger partial charge in [0.25, 0.3) is 5.91 Å². The average molecular weight is 486 g/mol. The molecular formula is C23H21F3N6O3. The Bertz CT molecular complexity index is 1340. The van der Waals surface area contributed by atoms with Gasteiger partial charge in [-0.05, 0) is 43.4 Å². The molecule has 3 atom stereocenters. The van der Waals surface area contributed by atoms with Crippen LogP contribution in [0.1, 0.15) is 35.4 Å². The molecule has 1 aliphatic carbocycles. The zero-order valence-corrected chi connectivity index (χ0v) is 18.3. The Kier molecular flexibility index (Phi) is 5.45. The smallest absolute Gasteiger partial charge is 0.364 e. The predicted octanol–water partition coefficient (Wildman–Crippen LogP) is 2.57. The van der Waals surface area contributed by atoms with Gasteiger partial charge in [0.15, 0.2) is 5.69 Å². The summed E-state index contributed by atoms with van der Waals surface area (Å²) in [5, 5.41) is 7.18. The summed E-state index contributed by atoms with van der Waals surface area (Å²) in [6, 6.07) is 9.11. The molecule has 5 rings (SSSR count). The molecule has 2 unspecified atom stereocenters. The van der Waals surface area contributed by atoms with E-state index in [1.165, 1.54) is 15.6 Å². The number of piperidine rings is 1. The van der Waals surface area contributed by atoms with E-state index in [1.807, 2.05) is 0 Å². The number of carbonyl (C=O) groups excluding carboxylic acids is 3. The summed E-state index contributed by atoms with van der Waals surface area (Å²) in [7, 11) is 0. The van der Waals surface area contributed by atoms with Crippen LogP contribution < -0.4 is 11.1 Å². The van der Waals surface area contributed by atoms with E-state index in [9.17, 15) is 27.6 Å². The standard InChI is InChI=1S/C23H21F3N6O3/c24-23(25,26)16-6-3-7-17(28-16)29-22(35)20-12-8-9-13(10-12)32(20)18(33)11-31-15-5-2-1-4-14(15)19(30-31)21(27)34/h1-7,12-13,20H,8-11H2,(H2,27,34)(H,28,29,35)/t12?,13?,20-/m0/s1. The topological polar surface area (TPSA) is 123 Å². The molecule has 3 heterocycles. The zero-order chi connectivity index (χ0) is 24.9. The fraction of sp³-hybridized carbons (Fsp3) is 0.348. The monoisotopic (exact) mass is 486 g/mol. The molecule has 2 aromatic heterocycles. The second-order valence-electron chi connectivity index (χ2n) is 8.76. The number of pyridine rings is 1. The maximum Gasteiger partial charge on any atom is 0.433 e. The number of halogens is 3. The summed E-state index contributed by atoms with van der Waals surface area (Å²) >= 11 is 0. The normalized spacial score (nSPS) is 21.5. The minimum atomic E-state index is -4.65. The third-order valence-electron chi connectivity index (χ3n) is 6.61. The molecule has 1 aliphatic heterocycles. The van der Waals surface area contributed by atoms with Crippen molar-refractivity contribution in [3.05, 3.63) is 53.9 Å². The van der Waals surface area contributed by atoms with E-state index in [0.29, 0.717) is 17.3 Å². The summed E-state index contributed by atoms with van der Waals surface area (Å²) in [4.78, 5) is 43.3. The summed E-state index contributed by atoms with van der Waals surface area (Å²) in [6.45, 7) is -0.220. The van der Waals surface area contributed by atoms with Crippen molar-refractivity contribution in [2.24, 2.45) is 11.7 Å². The van der Waals surface area contributed by atoms with Gasteiger partial charge in [-0.1, -0.05) is 24.3 Å². The lowest BCUT2D eigenvalue weighted by atomic mass is 9.97. The van der Waals surface area contributed by atoms with E-state index >= 15 is 0 Å². The van der Waals surface area contributed by atoms with Crippen molar-refractivity contribution in [1.29, 1.82) is 0 Å². The van der Waals surface area contributed by atoms with Gasteiger partial charge >= 0.3 is 6.18 Å². The number of aromatic nitrogens is 3. The summed E-state index contributed by atoms with van der Waals surface area (Å²) in [5.74, 6) is -2.02. The van der Waals surface area contributed by atoms with Crippen LogP contribution in [0.3, 0.4) is 0 Å². The zero-order valence-electron chi connectivity index (χ0n) is 18.3. The first-order valence-electron chi connectivity index (χ1n) is 11.0. The molecule has 0 spiro atoms. The Labute approximate surface area is 197 Å². The lowest BCUT2D eigenvalue weighted by Gasteiger charge is -2.34. The van der Waals surface area contributed by atoms with Crippen molar-refractivity contribution >= 4 is 34.4 Å². The molecular weight excluding hydrogens is 465 g/mol. The van der Waals surface area contributed by atoms with Crippen molar-refractivity contribution in [2.75, 3.05) is 5.32 Å². The van der Waals surface area contributed by atoms with Crippen LogP contribution in [0.2, 0.25) is 0 Å². The number of likely N-dealkylation sites (tertiary alicyclic amines) is 1. The van der Waals surface area contributed by atoms with E-state index in [-0.39, 0.29) is 35.9 Å². The molecule has 2 aliphatic rings. The number of nitrogens with two attached hydrogens (primary N) is 1. The number of rotatable bonds is 5. The van der Waals surface area contributed by atoms with Crippen LogP contribution in [0.4, 0.5) is 19.0 Å². The molecule has 2 fully saturated rings. The maximum atomic E-state index is 13.4. The molecule has 1 saturated heterocycles. The SMILES string of the molecule is NC(=O)c1nn(CC(=O)N2C3CCC(C3)[C@H]2C(=O)Nc2cccc(C(F)(F)F)n2)c2ccccc12. The first-order valence-corrected chi connectivity index (χ1v) is 11.0. The highest BCUT2D eigenvalue weighted by atomic mass is 19.4. The minimum absolute atomic E-state index is 0.0428. The Morgan fingerprint density at radius 1 is 1.09 bits per heavy atom. The van der Waals surface area contributed by atoms with Gasteiger partial charge < -0.3 is 16.0 Å². The number of hydrogen-bond donors (Lipinski definition) is 2. The van der Waals surface area contributed by atoms with E-state index in [4.69, 9.17) is 5.73 Å². The fourth-order valence-corrected chi connectivity index (χ4v) is 5.19. The van der Waals surface area contributed by atoms with E-state index in [1.54, 1.807) is 24.3 Å². The Hall–Kier alpha value is -3.96. The Balaban J connectivity index is 1.39. The summed E-state index contributed by atoms with van der Waals surface area (Å²) in [6.07, 6.45) is -2.55. The molecule has 0 radical (unpaired) electrons. The summed E-state index contributed by atoms with van der Waals surface area (Å²) in [5.41, 5.74) is 4.90. The highest BCUT2D eigenvalue weighted by Gasteiger charge is 2.51. The van der Waals surface area contributed by atoms with Crippen LogP contribution in [-0.4, -0.2) is 49.5 Å². The number of nitrogens with zero attached hydrogens (tertiary/aromatic N) is 4. The second kappa shape index (κ2) is 8.36. The van der Waals surface area contributed by atoms with E-state index < -0.39 is 29.7 Å². The maximum absolute atomic E-state index is 13.4. The summed E-state index contributed by atoms with van der Waals surface area (Å²) < 4.78 is 40.4. The minimum Gasteiger partial charge on any atom is -0.364 e. The number of hydrogen-bond acceptors (Lipinski definition) is 5. The number of alkyl halides is 3. The molecule has 182 valence electrons. The van der Waals surface area contributed by atoms with Crippen LogP contribution in [0, 0.1) is 5.92 Å². The first-order chi connectivity index (χ1) is 16.6. The number of amides is 3. The molecule has 35 heavy (non-hydrogen) atoms. The number of carbonyl (C=O) groups is 3. The third kappa shape index (κ3) is 4.08. The molecule has 3 aromatic rings. The number of para-hydroxylation sites is 1. The molecule has 3 amide bonds. The number of benzene rings is 1. The van der Waals surface area contributed by atoms with Crippen molar-refractivity contribution in [1.82, 2.24) is 19.7 Å². The number of fused-ring (bicyclic) bond motifs is 3. The van der Waals surface area contributed by atoms with Gasteiger partial charge in [-0.3, -0.25) is 19.1 Å². The second-order valence-corrected chi connectivity index (χ2v) is 8.76. The molecule has 9 nitrogen and oxygen atoms in total. The van der Waals surface area contributed by atoms with Gasteiger partial charge in [0, 0.05) is 11.4 Å². The van der Waals surface area contributed by atoms with Gasteiger partial charge in [0.2, 0.25) is 11.8 Å². The Morgan fingerprint density at radius 3 is 2.60 bits per heavy atom. The number of primary amides is 1. The van der Waals surface area contributed by atoms with Crippen LogP contribution in [0.25, 0.3) is 10.9 Å². The van der Waals surface area contributed by atoms with Crippen LogP contribution in [0.15, 0.2) is 42.5 Å². The predicted molar refractivity (Wildman–Crippen MR) is 118 cm³/mol. The van der Waals surface area contributed by atoms with Gasteiger partial charge in [0.05, 0.1) is 5.52 Å². The van der Waals surface area contributed by atoms with Crippen molar-refractivity contribution in [3.63, 3.8) is 0 Å². The Morgan fingerprint density at radius 2 is 1.86 bits per heavy atom. The third-order valence-corrected chi connectivity index (χ3v) is 6.61. The molecule has 1 aromatic carbocycles. The fourth-order valence-electron chi connectivity index (χ4n) is 5.19. The van der Waals surface area contributed by atoms with Crippen LogP contribution in [0.5, 0.6) is 0 Å². The average Bonchev–Trinajstić information content (AvgIpc) is 3.52. The van der Waals surface area contributed by atoms with Crippen molar-refractivity contribution < 1.29 is 27.6 Å². The van der Waals surface area contributed by atoms with Gasteiger partial charge in [-0.25, -0.2) is 4.98 Å². The quantitative estimate of drug-likeness (QED) is 0.574. The lowest BCUT2D eigenvalue weighted by molar-refractivity contribution is -0.141. The van der Waals surface area contributed by atoms with Crippen LogP contribution in [-0.2, 0) is 22.3 Å². The number of nitrogens with one attached hydrogen (secondary N) is 1. The molecule has 1 saturated carbocycles. The van der Waals surface area contributed by atoms with Crippen molar-refractivity contribution in [2.45, 2.75) is 44.1 Å². The number of anilines is 1. The van der Waals surface area contributed by atoms with Gasteiger partial charge in [-0.2, -0.15) is 18.3 Å². The highest BCUT2D eigenvalue weighted by molar-refractivity contribution is 6.04.